The van der Waals surface area contributed by atoms with E-state index in [1.807, 2.05) is 25.1 Å². The van der Waals surface area contributed by atoms with E-state index in [0.29, 0.717) is 31.4 Å². The Kier molecular flexibility index (Phi) is 7.59. The number of nitrogens with one attached hydrogen (secondary N) is 2. The molecule has 0 saturated heterocycles. The van der Waals surface area contributed by atoms with E-state index in [1.54, 1.807) is 19.2 Å². The highest BCUT2D eigenvalue weighted by atomic mass is 16.5. The predicted molar refractivity (Wildman–Crippen MR) is 115 cm³/mol. The standard InChI is InChI=1S/C22H30N4O4/c1-3-24-22(26-14-17-11-12-19(29-17)21(23)27)25-13-15-7-6-10-18(28-2)20(15)30-16-8-4-5-9-16/h6-7,10-12,16H,3-5,8-9,13-14H2,1-2H3,(H2,23,27)(H2,24,25,26). The third-order valence-corrected chi connectivity index (χ3v) is 4.95. The van der Waals surface area contributed by atoms with Crippen LogP contribution >= 0.6 is 0 Å². The van der Waals surface area contributed by atoms with Crippen molar-refractivity contribution in [3.63, 3.8) is 0 Å². The summed E-state index contributed by atoms with van der Waals surface area (Å²) in [5, 5.41) is 6.41. The zero-order chi connectivity index (χ0) is 21.3. The number of carbonyl (C=O) groups is 1. The molecule has 8 heteroatoms. The summed E-state index contributed by atoms with van der Waals surface area (Å²) in [6.07, 6.45) is 4.77. The molecule has 1 aliphatic rings. The fourth-order valence-electron chi connectivity index (χ4n) is 3.44. The topological polar surface area (TPSA) is 111 Å². The number of ether oxygens (including phenoxy) is 2. The van der Waals surface area contributed by atoms with Gasteiger partial charge < -0.3 is 30.3 Å². The number of carbonyl (C=O) groups excluding carboxylic acids is 1. The summed E-state index contributed by atoms with van der Waals surface area (Å²) in [4.78, 5) is 15.8. The lowest BCUT2D eigenvalue weighted by molar-refractivity contribution is 0.0972. The number of methoxy groups -OCH3 is 1. The Morgan fingerprint density at radius 2 is 2.03 bits per heavy atom. The van der Waals surface area contributed by atoms with Gasteiger partial charge >= 0.3 is 0 Å². The maximum atomic E-state index is 11.2. The van der Waals surface area contributed by atoms with Gasteiger partial charge in [-0.2, -0.15) is 0 Å². The number of benzene rings is 1. The van der Waals surface area contributed by atoms with Crippen molar-refractivity contribution < 1.29 is 18.7 Å². The van der Waals surface area contributed by atoms with Crippen LogP contribution in [0.5, 0.6) is 11.5 Å². The minimum absolute atomic E-state index is 0.138. The van der Waals surface area contributed by atoms with Gasteiger partial charge in [0.2, 0.25) is 0 Å². The van der Waals surface area contributed by atoms with Gasteiger partial charge in [-0.1, -0.05) is 12.1 Å². The van der Waals surface area contributed by atoms with Crippen molar-refractivity contribution in [1.29, 1.82) is 0 Å². The highest BCUT2D eigenvalue weighted by molar-refractivity contribution is 5.89. The summed E-state index contributed by atoms with van der Waals surface area (Å²) >= 11 is 0. The van der Waals surface area contributed by atoms with Crippen LogP contribution < -0.4 is 25.8 Å². The number of furan rings is 1. The van der Waals surface area contributed by atoms with Crippen LogP contribution in [-0.2, 0) is 13.1 Å². The first-order valence-electron chi connectivity index (χ1n) is 10.3. The van der Waals surface area contributed by atoms with Crippen molar-refractivity contribution >= 4 is 11.9 Å². The molecule has 0 spiro atoms. The van der Waals surface area contributed by atoms with Crippen LogP contribution in [-0.4, -0.2) is 31.6 Å². The van der Waals surface area contributed by atoms with Crippen molar-refractivity contribution in [2.24, 2.45) is 10.7 Å². The van der Waals surface area contributed by atoms with Crippen LogP contribution in [0.25, 0.3) is 0 Å². The molecule has 2 aromatic rings. The van der Waals surface area contributed by atoms with Crippen molar-refractivity contribution in [2.45, 2.75) is 51.8 Å². The summed E-state index contributed by atoms with van der Waals surface area (Å²) in [6.45, 7) is 3.51. The smallest absolute Gasteiger partial charge is 0.284 e. The number of hydrogen-bond acceptors (Lipinski definition) is 5. The number of nitrogens with two attached hydrogens (primary N) is 1. The lowest BCUT2D eigenvalue weighted by atomic mass is 10.1. The van der Waals surface area contributed by atoms with E-state index in [4.69, 9.17) is 19.6 Å². The number of para-hydroxylation sites is 1. The van der Waals surface area contributed by atoms with Gasteiger partial charge in [0.1, 0.15) is 5.76 Å². The van der Waals surface area contributed by atoms with Crippen LogP contribution in [0.1, 0.15) is 54.5 Å². The highest BCUT2D eigenvalue weighted by Gasteiger charge is 2.20. The molecule has 1 aromatic carbocycles. The quantitative estimate of drug-likeness (QED) is 0.430. The largest absolute Gasteiger partial charge is 0.493 e. The summed E-state index contributed by atoms with van der Waals surface area (Å²) in [5.41, 5.74) is 6.19. The van der Waals surface area contributed by atoms with E-state index >= 15 is 0 Å². The Morgan fingerprint density at radius 1 is 1.23 bits per heavy atom. The molecule has 0 bridgehead atoms. The van der Waals surface area contributed by atoms with Crippen LogP contribution in [0, 0.1) is 0 Å². The van der Waals surface area contributed by atoms with Gasteiger partial charge in [0, 0.05) is 12.1 Å². The van der Waals surface area contributed by atoms with E-state index in [0.717, 1.165) is 29.9 Å². The zero-order valence-electron chi connectivity index (χ0n) is 17.6. The first-order valence-corrected chi connectivity index (χ1v) is 10.3. The molecule has 30 heavy (non-hydrogen) atoms. The van der Waals surface area contributed by atoms with Crippen LogP contribution in [0.2, 0.25) is 0 Å². The first-order chi connectivity index (χ1) is 14.6. The molecule has 0 unspecified atom stereocenters. The van der Waals surface area contributed by atoms with Gasteiger partial charge in [-0.15, -0.1) is 0 Å². The van der Waals surface area contributed by atoms with E-state index in [2.05, 4.69) is 15.6 Å². The van der Waals surface area contributed by atoms with Gasteiger partial charge in [0.05, 0.1) is 26.3 Å². The molecule has 1 amide bonds. The molecule has 3 rings (SSSR count). The van der Waals surface area contributed by atoms with Gasteiger partial charge in [0.25, 0.3) is 5.91 Å². The minimum Gasteiger partial charge on any atom is -0.493 e. The summed E-state index contributed by atoms with van der Waals surface area (Å²) < 4.78 is 17.2. The first kappa shape index (κ1) is 21.5. The molecule has 4 N–H and O–H groups in total. The average molecular weight is 415 g/mol. The summed E-state index contributed by atoms with van der Waals surface area (Å²) in [6, 6.07) is 9.14. The average Bonchev–Trinajstić information content (AvgIpc) is 3.43. The number of hydrogen-bond donors (Lipinski definition) is 3. The minimum atomic E-state index is -0.588. The molecular weight excluding hydrogens is 384 g/mol. The van der Waals surface area contributed by atoms with E-state index in [-0.39, 0.29) is 11.9 Å². The lowest BCUT2D eigenvalue weighted by Gasteiger charge is -2.19. The zero-order valence-corrected chi connectivity index (χ0v) is 17.6. The molecule has 1 fully saturated rings. The Labute approximate surface area is 176 Å². The van der Waals surface area contributed by atoms with Gasteiger partial charge in [-0.05, 0) is 50.8 Å². The van der Waals surface area contributed by atoms with Crippen LogP contribution in [0.15, 0.2) is 39.7 Å². The van der Waals surface area contributed by atoms with Crippen LogP contribution in [0.4, 0.5) is 0 Å². The summed E-state index contributed by atoms with van der Waals surface area (Å²) in [7, 11) is 1.65. The molecule has 1 saturated carbocycles. The monoisotopic (exact) mass is 414 g/mol. The SMILES string of the molecule is CCNC(=NCc1cccc(OC)c1OC1CCCC1)NCc1ccc(C(N)=O)o1. The molecule has 0 radical (unpaired) electrons. The third kappa shape index (κ3) is 5.68. The number of amides is 1. The molecule has 1 aliphatic carbocycles. The van der Waals surface area contributed by atoms with Crippen LogP contribution in [0.3, 0.4) is 0 Å². The molecule has 0 atom stereocenters. The molecular formula is C22H30N4O4. The predicted octanol–water partition coefficient (Wildman–Crippen LogP) is 2.96. The molecule has 162 valence electrons. The van der Waals surface area contributed by atoms with Gasteiger partial charge in [-0.3, -0.25) is 4.79 Å². The van der Waals surface area contributed by atoms with Crippen molar-refractivity contribution in [3.8, 4) is 11.5 Å². The Hall–Kier alpha value is -3.16. The second kappa shape index (κ2) is 10.6. The lowest BCUT2D eigenvalue weighted by Crippen LogP contribution is -2.36. The molecule has 0 aliphatic heterocycles. The second-order valence-corrected chi connectivity index (χ2v) is 7.15. The normalized spacial score (nSPS) is 14.5. The third-order valence-electron chi connectivity index (χ3n) is 4.95. The maximum Gasteiger partial charge on any atom is 0.284 e. The number of primary amides is 1. The number of guanidine groups is 1. The number of rotatable bonds is 9. The van der Waals surface area contributed by atoms with E-state index < -0.39 is 5.91 Å². The number of aliphatic imine (C=N–C) groups is 1. The van der Waals surface area contributed by atoms with E-state index in [9.17, 15) is 4.79 Å². The summed E-state index contributed by atoms with van der Waals surface area (Å²) in [5.74, 6) is 2.27. The second-order valence-electron chi connectivity index (χ2n) is 7.15. The Balaban J connectivity index is 1.70. The Bertz CT molecular complexity index is 872. The fourth-order valence-corrected chi connectivity index (χ4v) is 3.44. The van der Waals surface area contributed by atoms with E-state index in [1.165, 1.54) is 12.8 Å². The van der Waals surface area contributed by atoms with Gasteiger partial charge in [0.15, 0.2) is 23.2 Å². The number of nitrogens with zero attached hydrogens (tertiary/aromatic N) is 1. The molecule has 8 nitrogen and oxygen atoms in total. The molecule has 1 aromatic heterocycles. The Morgan fingerprint density at radius 3 is 2.70 bits per heavy atom. The fraction of sp³-hybridized carbons (Fsp3) is 0.455. The maximum absolute atomic E-state index is 11.2. The molecule has 1 heterocycles. The van der Waals surface area contributed by atoms with Crippen molar-refractivity contribution in [3.05, 3.63) is 47.4 Å². The van der Waals surface area contributed by atoms with Crippen molar-refractivity contribution in [1.82, 2.24) is 10.6 Å². The highest BCUT2D eigenvalue weighted by Crippen LogP contribution is 2.35. The van der Waals surface area contributed by atoms with Crippen molar-refractivity contribution in [2.75, 3.05) is 13.7 Å². The van der Waals surface area contributed by atoms with Gasteiger partial charge in [-0.25, -0.2) is 4.99 Å².